The van der Waals surface area contributed by atoms with Crippen LogP contribution in [0, 0.1) is 0 Å². The molecular weight excluding hydrogens is 310 g/mol. The molecule has 0 heterocycles. The Morgan fingerprint density at radius 1 is 0.913 bits per heavy atom. The lowest BCUT2D eigenvalue weighted by molar-refractivity contribution is 0.0291. The highest BCUT2D eigenvalue weighted by Crippen LogP contribution is 2.16. The van der Waals surface area contributed by atoms with Crippen molar-refractivity contribution in [3.8, 4) is 0 Å². The fourth-order valence-electron chi connectivity index (χ4n) is 2.91. The average Bonchev–Trinajstić information content (AvgIpc) is 2.53. The molecule has 0 aromatic carbocycles. The summed E-state index contributed by atoms with van der Waals surface area (Å²) in [5.41, 5.74) is 0. The van der Waals surface area contributed by atoms with Crippen molar-refractivity contribution >= 4 is 8.80 Å². The van der Waals surface area contributed by atoms with E-state index in [1.54, 1.807) is 21.3 Å². The van der Waals surface area contributed by atoms with Crippen LogP contribution in [0.3, 0.4) is 0 Å². The average molecular weight is 350 g/mol. The van der Waals surface area contributed by atoms with Crippen molar-refractivity contribution in [3.63, 3.8) is 0 Å². The predicted octanol–water partition coefficient (Wildman–Crippen LogP) is 3.56. The van der Waals surface area contributed by atoms with Crippen LogP contribution in [-0.2, 0) is 18.0 Å². The third-order valence-corrected chi connectivity index (χ3v) is 7.24. The van der Waals surface area contributed by atoms with Crippen molar-refractivity contribution in [2.24, 2.45) is 0 Å². The van der Waals surface area contributed by atoms with Crippen molar-refractivity contribution < 1.29 is 18.0 Å². The van der Waals surface area contributed by atoms with Gasteiger partial charge in [-0.3, -0.25) is 4.90 Å². The topological polar surface area (TPSA) is 40.2 Å². The summed E-state index contributed by atoms with van der Waals surface area (Å²) in [6.07, 6.45) is 3.34. The molecule has 0 bridgehead atoms. The lowest BCUT2D eigenvalue weighted by atomic mass is 10.1. The molecule has 0 rings (SSSR count). The number of hydrogen-bond acceptors (Lipinski definition) is 5. The Morgan fingerprint density at radius 3 is 1.83 bits per heavy atom. The van der Waals surface area contributed by atoms with Gasteiger partial charge in [0.05, 0.1) is 6.10 Å². The Kier molecular flexibility index (Phi) is 12.4. The zero-order chi connectivity index (χ0) is 17.9. The van der Waals surface area contributed by atoms with Gasteiger partial charge in [0.1, 0.15) is 0 Å². The molecular formula is C17H39NO4Si. The predicted molar refractivity (Wildman–Crippen MR) is 97.8 cm³/mol. The second-order valence-corrected chi connectivity index (χ2v) is 9.60. The van der Waals surface area contributed by atoms with Crippen molar-refractivity contribution in [2.45, 2.75) is 78.1 Å². The van der Waals surface area contributed by atoms with Gasteiger partial charge in [-0.15, -0.1) is 0 Å². The van der Waals surface area contributed by atoms with E-state index >= 15 is 0 Å². The molecule has 0 radical (unpaired) electrons. The summed E-state index contributed by atoms with van der Waals surface area (Å²) in [6.45, 7) is 13.0. The summed E-state index contributed by atoms with van der Waals surface area (Å²) in [7, 11) is 2.51. The maximum atomic E-state index is 6.06. The van der Waals surface area contributed by atoms with Crippen LogP contribution in [0.2, 0.25) is 6.04 Å². The summed E-state index contributed by atoms with van der Waals surface area (Å²) in [5, 5.41) is 0. The number of nitrogens with zero attached hydrogens (tertiary/aromatic N) is 1. The summed E-state index contributed by atoms with van der Waals surface area (Å²) in [6, 6.07) is 1.94. The molecule has 0 saturated carbocycles. The molecule has 23 heavy (non-hydrogen) atoms. The van der Waals surface area contributed by atoms with Gasteiger partial charge in [-0.2, -0.15) is 0 Å². The Balaban J connectivity index is 4.16. The maximum absolute atomic E-state index is 6.06. The molecule has 5 nitrogen and oxygen atoms in total. The van der Waals surface area contributed by atoms with Crippen LogP contribution in [0.5, 0.6) is 0 Å². The van der Waals surface area contributed by atoms with Crippen molar-refractivity contribution in [1.82, 2.24) is 4.90 Å². The zero-order valence-electron chi connectivity index (χ0n) is 16.6. The smallest absolute Gasteiger partial charge is 0.378 e. The fourth-order valence-corrected chi connectivity index (χ4v) is 4.60. The molecule has 0 aliphatic heterocycles. The zero-order valence-corrected chi connectivity index (χ0v) is 17.6. The van der Waals surface area contributed by atoms with Crippen LogP contribution in [-0.4, -0.2) is 66.4 Å². The Bertz CT molecular complexity index is 270. The Labute approximate surface area is 145 Å². The molecule has 0 N–H and O–H groups in total. The van der Waals surface area contributed by atoms with Crippen LogP contribution in [0.4, 0.5) is 0 Å². The first kappa shape index (κ1) is 23.0. The number of rotatable bonds is 14. The van der Waals surface area contributed by atoms with Gasteiger partial charge >= 0.3 is 8.80 Å². The van der Waals surface area contributed by atoms with E-state index in [1.165, 1.54) is 0 Å². The van der Waals surface area contributed by atoms with Gasteiger partial charge in [0, 0.05) is 52.6 Å². The molecule has 0 fully saturated rings. The molecule has 6 heteroatoms. The maximum Gasteiger partial charge on any atom is 0.500 e. The highest BCUT2D eigenvalue weighted by molar-refractivity contribution is 6.60. The van der Waals surface area contributed by atoms with E-state index < -0.39 is 8.80 Å². The van der Waals surface area contributed by atoms with Gasteiger partial charge in [-0.05, 0) is 47.0 Å². The largest absolute Gasteiger partial charge is 0.500 e. The van der Waals surface area contributed by atoms with Gasteiger partial charge in [-0.25, -0.2) is 0 Å². The molecule has 140 valence electrons. The third kappa shape index (κ3) is 8.61. The summed E-state index contributed by atoms with van der Waals surface area (Å²) in [4.78, 5) is 2.52. The van der Waals surface area contributed by atoms with E-state index in [1.807, 2.05) is 0 Å². The molecule has 1 atom stereocenters. The number of ether oxygens (including phenoxy) is 1. The van der Waals surface area contributed by atoms with Crippen LogP contribution < -0.4 is 0 Å². The van der Waals surface area contributed by atoms with E-state index in [0.29, 0.717) is 18.2 Å². The first-order chi connectivity index (χ1) is 10.9. The monoisotopic (exact) mass is 349 g/mol. The Morgan fingerprint density at radius 2 is 1.43 bits per heavy atom. The SMILES string of the molecule is CCC(CCN(C(C)C)C(C)C)OCCC[Si](OC)(OC)OC. The minimum atomic E-state index is -2.45. The lowest BCUT2D eigenvalue weighted by Gasteiger charge is -2.32. The van der Waals surface area contributed by atoms with E-state index in [2.05, 4.69) is 39.5 Å². The fraction of sp³-hybridized carbons (Fsp3) is 1.00. The highest BCUT2D eigenvalue weighted by atomic mass is 28.4. The quantitative estimate of drug-likeness (QED) is 0.354. The highest BCUT2D eigenvalue weighted by Gasteiger charge is 2.36. The normalized spacial score (nSPS) is 14.2. The van der Waals surface area contributed by atoms with Crippen LogP contribution in [0.25, 0.3) is 0 Å². The standard InChI is InChI=1S/C17H39NO4Si/c1-9-17(11-12-18(15(2)3)16(4)5)22-13-10-14-23(19-6,20-7)21-8/h15-17H,9-14H2,1-8H3. The van der Waals surface area contributed by atoms with Crippen molar-refractivity contribution in [1.29, 1.82) is 0 Å². The molecule has 0 spiro atoms. The molecule has 0 aromatic heterocycles. The summed E-state index contributed by atoms with van der Waals surface area (Å²) >= 11 is 0. The van der Waals surface area contributed by atoms with Crippen molar-refractivity contribution in [3.05, 3.63) is 0 Å². The third-order valence-electron chi connectivity index (χ3n) is 4.41. The number of hydrogen-bond donors (Lipinski definition) is 0. The second kappa shape index (κ2) is 12.4. The minimum absolute atomic E-state index is 0.318. The van der Waals surface area contributed by atoms with E-state index in [-0.39, 0.29) is 0 Å². The minimum Gasteiger partial charge on any atom is -0.378 e. The molecule has 1 unspecified atom stereocenters. The van der Waals surface area contributed by atoms with Gasteiger partial charge in [0.15, 0.2) is 0 Å². The first-order valence-electron chi connectivity index (χ1n) is 8.88. The molecule has 0 amide bonds. The van der Waals surface area contributed by atoms with E-state index in [9.17, 15) is 0 Å². The van der Waals surface area contributed by atoms with Crippen molar-refractivity contribution in [2.75, 3.05) is 34.5 Å². The summed E-state index contributed by atoms with van der Waals surface area (Å²) < 4.78 is 22.4. The molecule has 0 saturated heterocycles. The molecule has 0 aliphatic carbocycles. The van der Waals surface area contributed by atoms with E-state index in [4.69, 9.17) is 18.0 Å². The van der Waals surface area contributed by atoms with Gasteiger partial charge < -0.3 is 18.0 Å². The Hall–Kier alpha value is 0.0169. The van der Waals surface area contributed by atoms with Gasteiger partial charge in [-0.1, -0.05) is 6.92 Å². The van der Waals surface area contributed by atoms with Crippen LogP contribution >= 0.6 is 0 Å². The van der Waals surface area contributed by atoms with Gasteiger partial charge in [0.2, 0.25) is 0 Å². The summed E-state index contributed by atoms with van der Waals surface area (Å²) in [5.74, 6) is 0. The molecule has 0 aliphatic rings. The lowest BCUT2D eigenvalue weighted by Crippen LogP contribution is -2.42. The first-order valence-corrected chi connectivity index (χ1v) is 10.8. The van der Waals surface area contributed by atoms with Crippen LogP contribution in [0.15, 0.2) is 0 Å². The second-order valence-electron chi connectivity index (χ2n) is 6.51. The molecule has 0 aromatic rings. The van der Waals surface area contributed by atoms with Crippen LogP contribution in [0.1, 0.15) is 53.9 Å². The van der Waals surface area contributed by atoms with Gasteiger partial charge in [0.25, 0.3) is 0 Å². The van der Waals surface area contributed by atoms with E-state index in [0.717, 1.165) is 38.5 Å².